The maximum Gasteiger partial charge on any atom is 0.253 e. The molecular formula is C14H10BrClN2OS2. The highest BCUT2D eigenvalue weighted by Crippen LogP contribution is 2.23. The van der Waals surface area contributed by atoms with Gasteiger partial charge in [0.2, 0.25) is 0 Å². The molecule has 1 aromatic carbocycles. The number of benzene rings is 1. The van der Waals surface area contributed by atoms with Crippen LogP contribution in [0.2, 0.25) is 4.34 Å². The standard InChI is InChI=1S/C14H10BrClN2OS2/c1-18-10-4-2-8(15)6-11(10)21-14(18)17-13(19)7-9-3-5-12(16)20-9/h2-6H,7H2,1H3. The minimum atomic E-state index is -0.158. The summed E-state index contributed by atoms with van der Waals surface area (Å²) in [5.74, 6) is -0.158. The molecule has 21 heavy (non-hydrogen) atoms. The Labute approximate surface area is 142 Å². The molecule has 0 radical (unpaired) electrons. The van der Waals surface area contributed by atoms with Gasteiger partial charge in [-0.25, -0.2) is 0 Å². The maximum absolute atomic E-state index is 12.1. The molecule has 0 aliphatic heterocycles. The first-order valence-corrected chi connectivity index (χ1v) is 8.90. The molecule has 0 aliphatic carbocycles. The molecule has 0 aliphatic rings. The van der Waals surface area contributed by atoms with Gasteiger partial charge in [-0.3, -0.25) is 4.79 Å². The van der Waals surface area contributed by atoms with E-state index in [0.717, 1.165) is 19.6 Å². The first-order valence-electron chi connectivity index (χ1n) is 6.10. The molecule has 1 amide bonds. The number of thiophene rings is 1. The van der Waals surface area contributed by atoms with Gasteiger partial charge in [0, 0.05) is 16.4 Å². The smallest absolute Gasteiger partial charge is 0.253 e. The molecule has 108 valence electrons. The second kappa shape index (κ2) is 6.04. The predicted octanol–water partition coefficient (Wildman–Crippen LogP) is 4.39. The van der Waals surface area contributed by atoms with E-state index in [2.05, 4.69) is 20.9 Å². The Morgan fingerprint density at radius 2 is 2.14 bits per heavy atom. The summed E-state index contributed by atoms with van der Waals surface area (Å²) in [6.07, 6.45) is 0.287. The summed E-state index contributed by atoms with van der Waals surface area (Å²) in [5.41, 5.74) is 1.06. The third kappa shape index (κ3) is 3.29. The minimum absolute atomic E-state index is 0.158. The molecule has 2 aromatic heterocycles. The molecule has 2 heterocycles. The van der Waals surface area contributed by atoms with Crippen LogP contribution < -0.4 is 4.80 Å². The fourth-order valence-corrected chi connectivity index (χ4v) is 4.62. The van der Waals surface area contributed by atoms with Gasteiger partial charge in [-0.15, -0.1) is 11.3 Å². The molecule has 0 unspecified atom stereocenters. The molecular weight excluding hydrogens is 392 g/mol. The Kier molecular flexibility index (Phi) is 4.31. The van der Waals surface area contributed by atoms with Crippen LogP contribution in [0.3, 0.4) is 0 Å². The van der Waals surface area contributed by atoms with Crippen LogP contribution in [0.25, 0.3) is 10.2 Å². The summed E-state index contributed by atoms with van der Waals surface area (Å²) in [6.45, 7) is 0. The van der Waals surface area contributed by atoms with Crippen molar-refractivity contribution in [2.75, 3.05) is 0 Å². The van der Waals surface area contributed by atoms with Crippen LogP contribution in [0, 0.1) is 0 Å². The fraction of sp³-hybridized carbons (Fsp3) is 0.143. The lowest BCUT2D eigenvalue weighted by atomic mass is 10.3. The van der Waals surface area contributed by atoms with E-state index in [4.69, 9.17) is 11.6 Å². The van der Waals surface area contributed by atoms with Gasteiger partial charge in [-0.2, -0.15) is 4.99 Å². The molecule has 0 spiro atoms. The van der Waals surface area contributed by atoms with Crippen molar-refractivity contribution < 1.29 is 4.79 Å². The third-order valence-corrected chi connectivity index (χ3v) is 5.77. The van der Waals surface area contributed by atoms with Gasteiger partial charge in [0.05, 0.1) is 21.0 Å². The van der Waals surface area contributed by atoms with Gasteiger partial charge in [-0.05, 0) is 30.3 Å². The fourth-order valence-electron chi connectivity index (χ4n) is 1.96. The average Bonchev–Trinajstić information content (AvgIpc) is 2.94. The van der Waals surface area contributed by atoms with E-state index < -0.39 is 0 Å². The van der Waals surface area contributed by atoms with Gasteiger partial charge in [0.1, 0.15) is 0 Å². The number of halogens is 2. The van der Waals surface area contributed by atoms with Crippen molar-refractivity contribution in [3.05, 3.63) is 48.8 Å². The van der Waals surface area contributed by atoms with Crippen LogP contribution in [0.4, 0.5) is 0 Å². The minimum Gasteiger partial charge on any atom is -0.319 e. The number of hydrogen-bond donors (Lipinski definition) is 0. The summed E-state index contributed by atoms with van der Waals surface area (Å²) in [6, 6.07) is 9.68. The third-order valence-electron chi connectivity index (χ3n) is 2.95. The van der Waals surface area contributed by atoms with Crippen LogP contribution in [0.5, 0.6) is 0 Å². The predicted molar refractivity (Wildman–Crippen MR) is 92.1 cm³/mol. The van der Waals surface area contributed by atoms with Gasteiger partial charge < -0.3 is 4.57 Å². The van der Waals surface area contributed by atoms with Crippen molar-refractivity contribution in [2.45, 2.75) is 6.42 Å². The number of fused-ring (bicyclic) bond motifs is 1. The number of hydrogen-bond acceptors (Lipinski definition) is 3. The van der Waals surface area contributed by atoms with Crippen molar-refractivity contribution in [2.24, 2.45) is 12.0 Å². The highest BCUT2D eigenvalue weighted by atomic mass is 79.9. The molecule has 3 rings (SSSR count). The molecule has 0 N–H and O–H groups in total. The second-order valence-electron chi connectivity index (χ2n) is 4.44. The highest BCUT2D eigenvalue weighted by molar-refractivity contribution is 9.10. The summed E-state index contributed by atoms with van der Waals surface area (Å²) in [5, 5.41) is 0. The quantitative estimate of drug-likeness (QED) is 0.627. The van der Waals surface area contributed by atoms with Crippen LogP contribution in [0.15, 0.2) is 39.8 Å². The number of rotatable bonds is 2. The van der Waals surface area contributed by atoms with Gasteiger partial charge in [0.15, 0.2) is 4.80 Å². The van der Waals surface area contributed by atoms with Crippen molar-refractivity contribution >= 4 is 66.3 Å². The molecule has 3 nitrogen and oxygen atoms in total. The number of aryl methyl sites for hydroxylation is 1. The zero-order valence-corrected chi connectivity index (χ0v) is 14.9. The SMILES string of the molecule is Cn1c(=NC(=O)Cc2ccc(Cl)s2)sc2cc(Br)ccc21. The highest BCUT2D eigenvalue weighted by Gasteiger charge is 2.07. The Morgan fingerprint density at radius 1 is 1.33 bits per heavy atom. The zero-order chi connectivity index (χ0) is 15.0. The van der Waals surface area contributed by atoms with Crippen LogP contribution in [-0.2, 0) is 18.3 Å². The molecule has 0 fully saturated rings. The average molecular weight is 402 g/mol. The van der Waals surface area contributed by atoms with Gasteiger partial charge in [0.25, 0.3) is 5.91 Å². The number of carbonyl (C=O) groups excluding carboxylic acids is 1. The van der Waals surface area contributed by atoms with Gasteiger partial charge in [-0.1, -0.05) is 38.9 Å². The Morgan fingerprint density at radius 3 is 2.86 bits per heavy atom. The lowest BCUT2D eigenvalue weighted by Crippen LogP contribution is -2.13. The van der Waals surface area contributed by atoms with Crippen molar-refractivity contribution in [3.8, 4) is 0 Å². The van der Waals surface area contributed by atoms with Crippen molar-refractivity contribution in [1.82, 2.24) is 4.57 Å². The topological polar surface area (TPSA) is 34.4 Å². The Balaban J connectivity index is 1.95. The van der Waals surface area contributed by atoms with Crippen LogP contribution in [0.1, 0.15) is 4.88 Å². The summed E-state index contributed by atoms with van der Waals surface area (Å²) < 4.78 is 4.74. The first-order chi connectivity index (χ1) is 10.0. The lowest BCUT2D eigenvalue weighted by molar-refractivity contribution is -0.117. The number of carbonyl (C=O) groups is 1. The van der Waals surface area contributed by atoms with Gasteiger partial charge >= 0.3 is 0 Å². The largest absolute Gasteiger partial charge is 0.319 e. The molecule has 0 bridgehead atoms. The van der Waals surface area contributed by atoms with E-state index in [1.807, 2.05) is 35.9 Å². The Bertz CT molecular complexity index is 894. The number of amides is 1. The second-order valence-corrected chi connectivity index (χ2v) is 8.17. The van der Waals surface area contributed by atoms with E-state index >= 15 is 0 Å². The van der Waals surface area contributed by atoms with E-state index in [1.54, 1.807) is 6.07 Å². The number of aromatic nitrogens is 1. The molecule has 0 saturated carbocycles. The van der Waals surface area contributed by atoms with Crippen molar-refractivity contribution in [1.29, 1.82) is 0 Å². The first kappa shape index (κ1) is 15.0. The molecule has 7 heteroatoms. The summed E-state index contributed by atoms with van der Waals surface area (Å²) in [7, 11) is 1.92. The monoisotopic (exact) mass is 400 g/mol. The van der Waals surface area contributed by atoms with E-state index in [1.165, 1.54) is 22.7 Å². The van der Waals surface area contributed by atoms with E-state index in [9.17, 15) is 4.79 Å². The normalized spacial score (nSPS) is 12.2. The zero-order valence-electron chi connectivity index (χ0n) is 11.0. The van der Waals surface area contributed by atoms with Crippen molar-refractivity contribution in [3.63, 3.8) is 0 Å². The molecule has 0 saturated heterocycles. The van der Waals surface area contributed by atoms with E-state index in [0.29, 0.717) is 9.14 Å². The lowest BCUT2D eigenvalue weighted by Gasteiger charge is -1.95. The van der Waals surface area contributed by atoms with E-state index in [-0.39, 0.29) is 12.3 Å². The molecule has 0 atom stereocenters. The number of nitrogens with zero attached hydrogens (tertiary/aromatic N) is 2. The van der Waals surface area contributed by atoms with Crippen LogP contribution in [-0.4, -0.2) is 10.5 Å². The number of thiazole rings is 1. The summed E-state index contributed by atoms with van der Waals surface area (Å²) >= 11 is 12.2. The van der Waals surface area contributed by atoms with Crippen LogP contribution >= 0.6 is 50.2 Å². The molecule has 3 aromatic rings. The Hall–Kier alpha value is -0.950. The summed E-state index contributed by atoms with van der Waals surface area (Å²) in [4.78, 5) is 17.9. The maximum atomic E-state index is 12.1.